The van der Waals surface area contributed by atoms with Crippen LogP contribution in [0.4, 0.5) is 5.69 Å². The van der Waals surface area contributed by atoms with Gasteiger partial charge in [0, 0.05) is 0 Å². The maximum atomic E-state index is 12.0. The first kappa shape index (κ1) is 14.8. The van der Waals surface area contributed by atoms with E-state index in [0.717, 1.165) is 12.0 Å². The average Bonchev–Trinajstić information content (AvgIpc) is 2.81. The summed E-state index contributed by atoms with van der Waals surface area (Å²) in [5.41, 5.74) is 1.56. The molecule has 1 fully saturated rings. The second kappa shape index (κ2) is 6.24. The van der Waals surface area contributed by atoms with Crippen LogP contribution in [-0.4, -0.2) is 41.0 Å². The Kier molecular flexibility index (Phi) is 4.62. The van der Waals surface area contributed by atoms with Gasteiger partial charge >= 0.3 is 5.97 Å². The molecule has 108 valence electrons. The molecule has 0 unspecified atom stereocenters. The van der Waals surface area contributed by atoms with Crippen LogP contribution in [0.15, 0.2) is 18.2 Å². The summed E-state index contributed by atoms with van der Waals surface area (Å²) in [5, 5.41) is 12.3. The van der Waals surface area contributed by atoms with Crippen molar-refractivity contribution >= 4 is 29.2 Å². The first-order valence-electron chi connectivity index (χ1n) is 6.50. The molecule has 2 N–H and O–H groups in total. The minimum absolute atomic E-state index is 0.0706. The monoisotopic (exact) mass is 296 g/mol. The van der Waals surface area contributed by atoms with Crippen LogP contribution in [0.3, 0.4) is 0 Å². The van der Waals surface area contributed by atoms with Crippen molar-refractivity contribution in [3.05, 3.63) is 28.8 Å². The van der Waals surface area contributed by atoms with Crippen molar-refractivity contribution in [1.82, 2.24) is 4.90 Å². The maximum absolute atomic E-state index is 12.0. The molecule has 1 aliphatic heterocycles. The number of nitrogens with zero attached hydrogens (tertiary/aromatic N) is 1. The zero-order valence-corrected chi connectivity index (χ0v) is 12.0. The van der Waals surface area contributed by atoms with Gasteiger partial charge in [0.25, 0.3) is 0 Å². The van der Waals surface area contributed by atoms with Crippen molar-refractivity contribution in [3.8, 4) is 0 Å². The van der Waals surface area contributed by atoms with Crippen molar-refractivity contribution in [2.45, 2.75) is 25.8 Å². The fourth-order valence-electron chi connectivity index (χ4n) is 2.39. The third-order valence-electron chi connectivity index (χ3n) is 3.39. The van der Waals surface area contributed by atoms with Crippen LogP contribution < -0.4 is 5.32 Å². The molecule has 6 heteroatoms. The topological polar surface area (TPSA) is 69.6 Å². The number of hydrogen-bond acceptors (Lipinski definition) is 3. The SMILES string of the molecule is Cc1ccc(NC(=O)CN2CCC[C@H]2C(=O)O)c(Cl)c1. The second-order valence-corrected chi connectivity index (χ2v) is 5.41. The number of aryl methyl sites for hydroxylation is 1. The fourth-order valence-corrected chi connectivity index (χ4v) is 2.67. The number of rotatable bonds is 4. The van der Waals surface area contributed by atoms with E-state index in [2.05, 4.69) is 5.32 Å². The van der Waals surface area contributed by atoms with Crippen LogP contribution in [0.1, 0.15) is 18.4 Å². The Hall–Kier alpha value is -1.59. The van der Waals surface area contributed by atoms with Gasteiger partial charge in [-0.1, -0.05) is 17.7 Å². The van der Waals surface area contributed by atoms with Gasteiger partial charge in [0.2, 0.25) is 5.91 Å². The number of carboxylic acid groups (broad SMARTS) is 1. The lowest BCUT2D eigenvalue weighted by Gasteiger charge is -2.20. The summed E-state index contributed by atoms with van der Waals surface area (Å²) < 4.78 is 0. The Morgan fingerprint density at radius 3 is 2.90 bits per heavy atom. The summed E-state index contributed by atoms with van der Waals surface area (Å²) in [4.78, 5) is 24.7. The van der Waals surface area contributed by atoms with Gasteiger partial charge in [0.1, 0.15) is 6.04 Å². The van der Waals surface area contributed by atoms with E-state index in [9.17, 15) is 9.59 Å². The molecular weight excluding hydrogens is 280 g/mol. The first-order valence-corrected chi connectivity index (χ1v) is 6.88. The van der Waals surface area contributed by atoms with Gasteiger partial charge in [0.05, 0.1) is 17.3 Å². The van der Waals surface area contributed by atoms with E-state index in [1.54, 1.807) is 17.0 Å². The smallest absolute Gasteiger partial charge is 0.320 e. The minimum Gasteiger partial charge on any atom is -0.480 e. The molecule has 0 saturated carbocycles. The van der Waals surface area contributed by atoms with E-state index in [0.29, 0.717) is 23.7 Å². The number of likely N-dealkylation sites (tertiary alicyclic amines) is 1. The van der Waals surface area contributed by atoms with Gasteiger partial charge in [-0.15, -0.1) is 0 Å². The highest BCUT2D eigenvalue weighted by atomic mass is 35.5. The van der Waals surface area contributed by atoms with Crippen molar-refractivity contribution in [2.75, 3.05) is 18.4 Å². The summed E-state index contributed by atoms with van der Waals surface area (Å²) in [5.74, 6) is -1.12. The Balaban J connectivity index is 1.97. The Bertz CT molecular complexity index is 533. The molecule has 5 nitrogen and oxygen atoms in total. The minimum atomic E-state index is -0.872. The standard InChI is InChI=1S/C14H17ClN2O3/c1-9-4-5-11(10(15)7-9)16-13(18)8-17-6-2-3-12(17)14(19)20/h4-5,7,12H,2-3,6,8H2,1H3,(H,16,18)(H,19,20)/t12-/m0/s1. The molecule has 0 bridgehead atoms. The second-order valence-electron chi connectivity index (χ2n) is 5.00. The Labute approximate surface area is 122 Å². The molecule has 0 aliphatic carbocycles. The third-order valence-corrected chi connectivity index (χ3v) is 3.71. The highest BCUT2D eigenvalue weighted by Crippen LogP contribution is 2.23. The maximum Gasteiger partial charge on any atom is 0.320 e. The van der Waals surface area contributed by atoms with Gasteiger partial charge in [0.15, 0.2) is 0 Å². The van der Waals surface area contributed by atoms with Gasteiger partial charge in [-0.25, -0.2) is 0 Å². The largest absolute Gasteiger partial charge is 0.480 e. The number of amides is 1. The molecule has 1 heterocycles. The van der Waals surface area contributed by atoms with Crippen LogP contribution in [0.5, 0.6) is 0 Å². The van der Waals surface area contributed by atoms with E-state index in [-0.39, 0.29) is 12.5 Å². The first-order chi connectivity index (χ1) is 9.47. The lowest BCUT2D eigenvalue weighted by Crippen LogP contribution is -2.40. The molecule has 0 spiro atoms. The number of carbonyl (C=O) groups excluding carboxylic acids is 1. The van der Waals surface area contributed by atoms with Crippen molar-refractivity contribution in [3.63, 3.8) is 0 Å². The molecule has 1 aliphatic rings. The number of carbonyl (C=O) groups is 2. The molecule has 1 aromatic carbocycles. The summed E-state index contributed by atoms with van der Waals surface area (Å²) in [6.45, 7) is 2.62. The number of nitrogens with one attached hydrogen (secondary N) is 1. The van der Waals surface area contributed by atoms with Crippen LogP contribution in [0.25, 0.3) is 0 Å². The predicted octanol–water partition coefficient (Wildman–Crippen LogP) is 2.14. The quantitative estimate of drug-likeness (QED) is 0.893. The zero-order chi connectivity index (χ0) is 14.7. The van der Waals surface area contributed by atoms with E-state index in [1.807, 2.05) is 13.0 Å². The highest BCUT2D eigenvalue weighted by Gasteiger charge is 2.31. The predicted molar refractivity (Wildman–Crippen MR) is 77.0 cm³/mol. The van der Waals surface area contributed by atoms with Crippen LogP contribution in [0, 0.1) is 6.92 Å². The summed E-state index contributed by atoms with van der Waals surface area (Å²) >= 11 is 6.05. The van der Waals surface area contributed by atoms with Crippen LogP contribution >= 0.6 is 11.6 Å². The van der Waals surface area contributed by atoms with Crippen LogP contribution in [-0.2, 0) is 9.59 Å². The molecule has 0 aromatic heterocycles. The van der Waals surface area contributed by atoms with Crippen molar-refractivity contribution in [1.29, 1.82) is 0 Å². The van der Waals surface area contributed by atoms with E-state index >= 15 is 0 Å². The number of halogens is 1. The molecule has 1 atom stereocenters. The number of benzene rings is 1. The Morgan fingerprint density at radius 1 is 1.50 bits per heavy atom. The van der Waals surface area contributed by atoms with Crippen molar-refractivity contribution < 1.29 is 14.7 Å². The molecule has 2 rings (SSSR count). The molecular formula is C14H17ClN2O3. The lowest BCUT2D eigenvalue weighted by atomic mass is 10.2. The number of aliphatic carboxylic acids is 1. The van der Waals surface area contributed by atoms with Gasteiger partial charge in [-0.3, -0.25) is 14.5 Å². The summed E-state index contributed by atoms with van der Waals surface area (Å²) in [7, 11) is 0. The molecule has 1 saturated heterocycles. The van der Waals surface area contributed by atoms with E-state index < -0.39 is 12.0 Å². The highest BCUT2D eigenvalue weighted by molar-refractivity contribution is 6.33. The molecule has 1 amide bonds. The van der Waals surface area contributed by atoms with E-state index in [1.165, 1.54) is 0 Å². The van der Waals surface area contributed by atoms with Gasteiger partial charge in [-0.05, 0) is 44.0 Å². The number of carboxylic acids is 1. The number of anilines is 1. The van der Waals surface area contributed by atoms with Crippen molar-refractivity contribution in [2.24, 2.45) is 0 Å². The van der Waals surface area contributed by atoms with E-state index in [4.69, 9.17) is 16.7 Å². The molecule has 20 heavy (non-hydrogen) atoms. The summed E-state index contributed by atoms with van der Waals surface area (Å²) in [6, 6.07) is 4.81. The lowest BCUT2D eigenvalue weighted by molar-refractivity contribution is -0.142. The van der Waals surface area contributed by atoms with Gasteiger partial charge in [-0.2, -0.15) is 0 Å². The third kappa shape index (κ3) is 3.49. The average molecular weight is 297 g/mol. The normalized spacial score (nSPS) is 19.0. The molecule has 0 radical (unpaired) electrons. The Morgan fingerprint density at radius 2 is 2.25 bits per heavy atom. The molecule has 1 aromatic rings. The zero-order valence-electron chi connectivity index (χ0n) is 11.2. The van der Waals surface area contributed by atoms with Crippen LogP contribution in [0.2, 0.25) is 5.02 Å². The fraction of sp³-hybridized carbons (Fsp3) is 0.429. The summed E-state index contributed by atoms with van der Waals surface area (Å²) in [6.07, 6.45) is 1.39. The van der Waals surface area contributed by atoms with Gasteiger partial charge < -0.3 is 10.4 Å². The number of hydrogen-bond donors (Lipinski definition) is 2.